The average molecular weight is 255 g/mol. The predicted octanol–water partition coefficient (Wildman–Crippen LogP) is 0.898. The lowest BCUT2D eigenvalue weighted by Crippen LogP contribution is -2.17. The van der Waals surface area contributed by atoms with Crippen molar-refractivity contribution in [2.45, 2.75) is 0 Å². The minimum Gasteiger partial charge on any atom is -0.350 e. The molecule has 1 aromatic carbocycles. The summed E-state index contributed by atoms with van der Waals surface area (Å²) in [4.78, 5) is 30.5. The van der Waals surface area contributed by atoms with Crippen LogP contribution in [-0.2, 0) is 0 Å². The van der Waals surface area contributed by atoms with Gasteiger partial charge in [0.1, 0.15) is 12.0 Å². The third-order valence-electron chi connectivity index (χ3n) is 2.63. The summed E-state index contributed by atoms with van der Waals surface area (Å²) in [7, 11) is 0. The number of amides is 1. The van der Waals surface area contributed by atoms with E-state index in [9.17, 15) is 9.59 Å². The number of nitrogens with one attached hydrogen (secondary N) is 3. The number of anilines is 1. The Labute approximate surface area is 106 Å². The first-order valence-corrected chi connectivity index (χ1v) is 5.53. The number of aromatic amines is 2. The number of fused-ring (bicyclic) bond motifs is 1. The first-order chi connectivity index (χ1) is 9.24. The van der Waals surface area contributed by atoms with Crippen LogP contribution >= 0.6 is 0 Å². The molecule has 19 heavy (non-hydrogen) atoms. The number of carbonyl (C=O) groups is 1. The van der Waals surface area contributed by atoms with E-state index in [2.05, 4.69) is 25.5 Å². The van der Waals surface area contributed by atoms with Crippen molar-refractivity contribution in [3.63, 3.8) is 0 Å². The van der Waals surface area contributed by atoms with Gasteiger partial charge in [-0.05, 0) is 12.1 Å². The first-order valence-electron chi connectivity index (χ1n) is 5.53. The van der Waals surface area contributed by atoms with Crippen molar-refractivity contribution in [3.05, 3.63) is 52.6 Å². The van der Waals surface area contributed by atoms with Crippen LogP contribution in [-0.4, -0.2) is 26.1 Å². The summed E-state index contributed by atoms with van der Waals surface area (Å²) in [6.45, 7) is 0. The summed E-state index contributed by atoms with van der Waals surface area (Å²) in [6, 6.07) is 8.25. The van der Waals surface area contributed by atoms with E-state index in [-0.39, 0.29) is 17.1 Å². The number of rotatable bonds is 2. The lowest BCUT2D eigenvalue weighted by Gasteiger charge is -2.03. The molecule has 3 N–H and O–H groups in total. The number of pyridine rings is 1. The fourth-order valence-corrected chi connectivity index (χ4v) is 1.76. The van der Waals surface area contributed by atoms with Gasteiger partial charge < -0.3 is 4.98 Å². The number of hydrogen-bond donors (Lipinski definition) is 3. The Balaban J connectivity index is 2.01. The van der Waals surface area contributed by atoms with Gasteiger partial charge in [-0.25, -0.2) is 5.10 Å². The van der Waals surface area contributed by atoms with Gasteiger partial charge in [-0.3, -0.25) is 14.9 Å². The lowest BCUT2D eigenvalue weighted by atomic mass is 10.2. The largest absolute Gasteiger partial charge is 0.350 e. The number of benzene rings is 1. The van der Waals surface area contributed by atoms with Crippen LogP contribution in [0.3, 0.4) is 0 Å². The van der Waals surface area contributed by atoms with Crippen LogP contribution in [0.1, 0.15) is 10.5 Å². The molecule has 2 heterocycles. The lowest BCUT2D eigenvalue weighted by molar-refractivity contribution is 0.102. The van der Waals surface area contributed by atoms with E-state index in [1.807, 2.05) is 0 Å². The molecule has 1 amide bonds. The molecule has 94 valence electrons. The fraction of sp³-hybridized carbons (Fsp3) is 0. The van der Waals surface area contributed by atoms with Gasteiger partial charge in [-0.15, -0.1) is 0 Å². The highest BCUT2D eigenvalue weighted by molar-refractivity contribution is 6.03. The Kier molecular flexibility index (Phi) is 2.57. The zero-order valence-corrected chi connectivity index (χ0v) is 9.68. The fourth-order valence-electron chi connectivity index (χ4n) is 1.76. The molecule has 7 nitrogen and oxygen atoms in total. The molecule has 3 aromatic rings. The molecule has 0 bridgehead atoms. The van der Waals surface area contributed by atoms with Crippen molar-refractivity contribution < 1.29 is 4.79 Å². The van der Waals surface area contributed by atoms with Crippen LogP contribution in [0.4, 0.5) is 5.95 Å². The van der Waals surface area contributed by atoms with E-state index in [4.69, 9.17) is 0 Å². The van der Waals surface area contributed by atoms with Gasteiger partial charge in [0, 0.05) is 17.0 Å². The third-order valence-corrected chi connectivity index (χ3v) is 2.63. The quantitative estimate of drug-likeness (QED) is 0.632. The highest BCUT2D eigenvalue weighted by atomic mass is 16.2. The standard InChI is InChI=1S/C12H9N5O2/c18-10-5-9(11(19)16-12-13-6-14-17-12)15-8-4-2-1-3-7(8)10/h1-6H,(H,15,18)(H2,13,14,16,17,19). The van der Waals surface area contributed by atoms with E-state index >= 15 is 0 Å². The molecule has 0 saturated heterocycles. The van der Waals surface area contributed by atoms with Crippen molar-refractivity contribution >= 4 is 22.8 Å². The molecule has 2 aromatic heterocycles. The topological polar surface area (TPSA) is 104 Å². The minimum absolute atomic E-state index is 0.167. The molecule has 0 spiro atoms. The molecule has 0 atom stereocenters. The molecular weight excluding hydrogens is 246 g/mol. The third kappa shape index (κ3) is 2.08. The summed E-state index contributed by atoms with van der Waals surface area (Å²) >= 11 is 0. The highest BCUT2D eigenvalue weighted by Crippen LogP contribution is 2.08. The zero-order chi connectivity index (χ0) is 13.2. The minimum atomic E-state index is -0.459. The molecule has 7 heteroatoms. The first kappa shape index (κ1) is 11.1. The summed E-state index contributed by atoms with van der Waals surface area (Å²) < 4.78 is 0. The summed E-state index contributed by atoms with van der Waals surface area (Å²) in [5.41, 5.74) is 0.565. The van der Waals surface area contributed by atoms with Crippen molar-refractivity contribution in [3.8, 4) is 0 Å². The molecule has 0 aliphatic rings. The van der Waals surface area contributed by atoms with Crippen molar-refractivity contribution in [1.29, 1.82) is 0 Å². The van der Waals surface area contributed by atoms with E-state index < -0.39 is 5.91 Å². The van der Waals surface area contributed by atoms with E-state index in [0.29, 0.717) is 10.9 Å². The number of aromatic nitrogens is 4. The van der Waals surface area contributed by atoms with Crippen LogP contribution in [0.2, 0.25) is 0 Å². The average Bonchev–Trinajstić information content (AvgIpc) is 2.91. The summed E-state index contributed by atoms with van der Waals surface area (Å²) in [5.74, 6) is -0.237. The molecular formula is C12H9N5O2. The zero-order valence-electron chi connectivity index (χ0n) is 9.68. The Morgan fingerprint density at radius 3 is 2.89 bits per heavy atom. The summed E-state index contributed by atoms with van der Waals surface area (Å²) in [6.07, 6.45) is 1.28. The van der Waals surface area contributed by atoms with Crippen molar-refractivity contribution in [2.75, 3.05) is 5.32 Å². The van der Waals surface area contributed by atoms with Gasteiger partial charge in [-0.2, -0.15) is 10.1 Å². The summed E-state index contributed by atoms with van der Waals surface area (Å²) in [5, 5.41) is 9.15. The van der Waals surface area contributed by atoms with E-state index in [1.54, 1.807) is 24.3 Å². The number of carbonyl (C=O) groups excluding carboxylic acids is 1. The molecule has 0 radical (unpaired) electrons. The second kappa shape index (κ2) is 4.37. The van der Waals surface area contributed by atoms with Gasteiger partial charge >= 0.3 is 0 Å². The van der Waals surface area contributed by atoms with Crippen LogP contribution in [0, 0.1) is 0 Å². The molecule has 0 aliphatic carbocycles. The second-order valence-electron chi connectivity index (χ2n) is 3.88. The van der Waals surface area contributed by atoms with Crippen molar-refractivity contribution in [2.24, 2.45) is 0 Å². The van der Waals surface area contributed by atoms with Crippen molar-refractivity contribution in [1.82, 2.24) is 20.2 Å². The maximum atomic E-state index is 11.9. The monoisotopic (exact) mass is 255 g/mol. The Bertz CT molecular complexity index is 791. The van der Waals surface area contributed by atoms with Gasteiger partial charge in [-0.1, -0.05) is 12.1 Å². The Morgan fingerprint density at radius 2 is 2.11 bits per heavy atom. The maximum absolute atomic E-state index is 11.9. The molecule has 0 unspecified atom stereocenters. The Hall–Kier alpha value is -2.96. The number of nitrogens with zero attached hydrogens (tertiary/aromatic N) is 2. The molecule has 0 saturated carbocycles. The normalized spacial score (nSPS) is 10.5. The molecule has 0 fully saturated rings. The van der Waals surface area contributed by atoms with Gasteiger partial charge in [0.05, 0.1) is 0 Å². The predicted molar refractivity (Wildman–Crippen MR) is 68.9 cm³/mol. The van der Waals surface area contributed by atoms with Crippen LogP contribution in [0.25, 0.3) is 10.9 Å². The van der Waals surface area contributed by atoms with E-state index in [0.717, 1.165) is 0 Å². The molecule has 0 aliphatic heterocycles. The van der Waals surface area contributed by atoms with Gasteiger partial charge in [0.2, 0.25) is 5.95 Å². The SMILES string of the molecule is O=C(Nc1ncn[nH]1)c1cc(=O)c2ccccc2[nH]1. The maximum Gasteiger partial charge on any atom is 0.274 e. The van der Waals surface area contributed by atoms with Crippen LogP contribution < -0.4 is 10.7 Å². The second-order valence-corrected chi connectivity index (χ2v) is 3.88. The van der Waals surface area contributed by atoms with E-state index in [1.165, 1.54) is 12.4 Å². The molecule has 3 rings (SSSR count). The number of para-hydroxylation sites is 1. The highest BCUT2D eigenvalue weighted by Gasteiger charge is 2.10. The van der Waals surface area contributed by atoms with Crippen LogP contribution in [0.5, 0.6) is 0 Å². The number of hydrogen-bond acceptors (Lipinski definition) is 4. The van der Waals surface area contributed by atoms with Crippen LogP contribution in [0.15, 0.2) is 41.5 Å². The number of H-pyrrole nitrogens is 2. The van der Waals surface area contributed by atoms with Gasteiger partial charge in [0.25, 0.3) is 5.91 Å². The smallest absolute Gasteiger partial charge is 0.274 e. The Morgan fingerprint density at radius 1 is 1.26 bits per heavy atom. The van der Waals surface area contributed by atoms with Gasteiger partial charge in [0.15, 0.2) is 5.43 Å².